The summed E-state index contributed by atoms with van der Waals surface area (Å²) >= 11 is 5.83. The number of ether oxygens (including phenoxy) is 1. The lowest BCUT2D eigenvalue weighted by molar-refractivity contribution is 0.0365. The van der Waals surface area contributed by atoms with Crippen molar-refractivity contribution in [1.29, 1.82) is 0 Å². The molecule has 2 atom stereocenters. The van der Waals surface area contributed by atoms with Gasteiger partial charge in [0.1, 0.15) is 0 Å². The molecule has 0 spiro atoms. The van der Waals surface area contributed by atoms with Crippen LogP contribution in [0, 0.1) is 0 Å². The molecule has 0 amide bonds. The van der Waals surface area contributed by atoms with Crippen molar-refractivity contribution in [3.05, 3.63) is 78.6 Å². The summed E-state index contributed by atoms with van der Waals surface area (Å²) in [5, 5.41) is 4.35. The van der Waals surface area contributed by atoms with E-state index in [-0.39, 0.29) is 12.1 Å². The first kappa shape index (κ1) is 21.1. The van der Waals surface area contributed by atoms with Gasteiger partial charge in [0.15, 0.2) is 5.11 Å². The van der Waals surface area contributed by atoms with Gasteiger partial charge in [-0.25, -0.2) is 0 Å². The average Bonchev–Trinajstić information content (AvgIpc) is 3.45. The van der Waals surface area contributed by atoms with E-state index in [0.29, 0.717) is 0 Å². The number of nitrogens with zero attached hydrogens (tertiary/aromatic N) is 5. The molecule has 5 heterocycles. The van der Waals surface area contributed by atoms with Gasteiger partial charge in [0.05, 0.1) is 31.0 Å². The number of rotatable bonds is 7. The fourth-order valence-corrected chi connectivity index (χ4v) is 4.96. The minimum absolute atomic E-state index is 0.0115. The SMILES string of the molecule is S=C1N[C@@H](c2ccccn2)[C@@H](c2cccn2-c2ccncc2)N1CCCN1CCOCC1. The molecule has 2 saturated heterocycles. The van der Waals surface area contributed by atoms with Gasteiger partial charge in [0, 0.05) is 62.3 Å². The van der Waals surface area contributed by atoms with Gasteiger partial charge in [0.25, 0.3) is 0 Å². The number of nitrogens with one attached hydrogen (secondary N) is 1. The number of hydrogen-bond acceptors (Lipinski definition) is 5. The second-order valence-electron chi connectivity index (χ2n) is 8.14. The molecule has 0 saturated carbocycles. The van der Waals surface area contributed by atoms with Crippen LogP contribution in [-0.2, 0) is 4.74 Å². The van der Waals surface area contributed by atoms with Crippen LogP contribution in [0.2, 0.25) is 0 Å². The van der Waals surface area contributed by atoms with E-state index in [2.05, 4.69) is 54.0 Å². The van der Waals surface area contributed by atoms with Gasteiger partial charge in [0.2, 0.25) is 0 Å². The number of pyridine rings is 2. The number of aromatic nitrogens is 3. The van der Waals surface area contributed by atoms with Crippen LogP contribution in [0.4, 0.5) is 0 Å². The second-order valence-corrected chi connectivity index (χ2v) is 8.52. The standard InChI is InChI=1S/C24H28N6OS/c32-24-27-22(20-5-1-2-9-26-20)23(30(24)14-4-12-28-15-17-31-18-16-28)21-6-3-13-29(21)19-7-10-25-11-8-19/h1-3,5-11,13,22-23H,4,12,14-18H2,(H,27,32)/t22-,23+/m0/s1. The molecule has 0 bridgehead atoms. The molecule has 5 rings (SSSR count). The van der Waals surface area contributed by atoms with Crippen LogP contribution in [0.15, 0.2) is 67.3 Å². The third-order valence-electron chi connectivity index (χ3n) is 6.20. The highest BCUT2D eigenvalue weighted by molar-refractivity contribution is 7.80. The van der Waals surface area contributed by atoms with Crippen molar-refractivity contribution in [3.63, 3.8) is 0 Å². The molecule has 8 heteroatoms. The molecule has 3 aromatic rings. The molecular weight excluding hydrogens is 420 g/mol. The Morgan fingerprint density at radius 3 is 2.62 bits per heavy atom. The zero-order valence-electron chi connectivity index (χ0n) is 18.0. The molecule has 0 aromatic carbocycles. The number of thiocarbonyl (C=S) groups is 1. The van der Waals surface area contributed by atoms with Crippen molar-refractivity contribution in [1.82, 2.24) is 29.7 Å². The molecule has 2 fully saturated rings. The molecule has 2 aliphatic heterocycles. The minimum Gasteiger partial charge on any atom is -0.379 e. The molecule has 1 N–H and O–H groups in total. The third kappa shape index (κ3) is 4.39. The van der Waals surface area contributed by atoms with Crippen molar-refractivity contribution < 1.29 is 4.74 Å². The normalized spacial score (nSPS) is 21.6. The molecular formula is C24H28N6OS. The molecule has 2 aliphatic rings. The second kappa shape index (κ2) is 9.77. The topological polar surface area (TPSA) is 58.5 Å². The van der Waals surface area contributed by atoms with E-state index in [1.165, 1.54) is 5.69 Å². The first-order chi connectivity index (χ1) is 15.8. The zero-order valence-corrected chi connectivity index (χ0v) is 18.8. The summed E-state index contributed by atoms with van der Waals surface area (Å²) in [7, 11) is 0. The Morgan fingerprint density at radius 2 is 1.84 bits per heavy atom. The van der Waals surface area contributed by atoms with Crippen LogP contribution in [0.25, 0.3) is 5.69 Å². The Bertz CT molecular complexity index is 1020. The molecule has 0 aliphatic carbocycles. The van der Waals surface area contributed by atoms with Crippen molar-refractivity contribution >= 4 is 17.3 Å². The van der Waals surface area contributed by atoms with Crippen molar-refractivity contribution in [3.8, 4) is 5.69 Å². The fraction of sp³-hybridized carbons (Fsp3) is 0.375. The summed E-state index contributed by atoms with van der Waals surface area (Å²) in [6.07, 6.45) is 8.65. The van der Waals surface area contributed by atoms with Gasteiger partial charge in [-0.1, -0.05) is 6.07 Å². The summed E-state index contributed by atoms with van der Waals surface area (Å²) in [6, 6.07) is 14.4. The average molecular weight is 449 g/mol. The van der Waals surface area contributed by atoms with Gasteiger partial charge in [-0.05, 0) is 55.0 Å². The Labute approximate surface area is 194 Å². The van der Waals surface area contributed by atoms with Gasteiger partial charge in [-0.2, -0.15) is 0 Å². The lowest BCUT2D eigenvalue weighted by Gasteiger charge is -2.31. The van der Waals surface area contributed by atoms with E-state index >= 15 is 0 Å². The lowest BCUT2D eigenvalue weighted by Crippen LogP contribution is -2.39. The predicted molar refractivity (Wildman–Crippen MR) is 128 cm³/mol. The monoisotopic (exact) mass is 448 g/mol. The molecule has 0 unspecified atom stereocenters. The number of morpholine rings is 1. The predicted octanol–water partition coefficient (Wildman–Crippen LogP) is 2.96. The highest BCUT2D eigenvalue weighted by Gasteiger charge is 2.41. The molecule has 3 aromatic heterocycles. The Morgan fingerprint density at radius 1 is 1.00 bits per heavy atom. The van der Waals surface area contributed by atoms with Crippen LogP contribution >= 0.6 is 12.2 Å². The zero-order chi connectivity index (χ0) is 21.8. The van der Waals surface area contributed by atoms with Crippen molar-refractivity contribution in [2.75, 3.05) is 39.4 Å². The Hall–Kier alpha value is -2.81. The van der Waals surface area contributed by atoms with Crippen LogP contribution < -0.4 is 5.32 Å². The highest BCUT2D eigenvalue weighted by atomic mass is 32.1. The van der Waals surface area contributed by atoms with Crippen LogP contribution in [-0.4, -0.2) is 68.8 Å². The summed E-state index contributed by atoms with van der Waals surface area (Å²) in [4.78, 5) is 13.6. The Balaban J connectivity index is 1.43. The van der Waals surface area contributed by atoms with Gasteiger partial charge >= 0.3 is 0 Å². The van der Waals surface area contributed by atoms with Crippen molar-refractivity contribution in [2.24, 2.45) is 0 Å². The van der Waals surface area contributed by atoms with E-state index in [0.717, 1.165) is 62.3 Å². The quantitative estimate of drug-likeness (QED) is 0.558. The fourth-order valence-electron chi connectivity index (χ4n) is 4.63. The van der Waals surface area contributed by atoms with Gasteiger partial charge in [-0.3, -0.25) is 14.9 Å². The maximum atomic E-state index is 5.83. The van der Waals surface area contributed by atoms with E-state index in [9.17, 15) is 0 Å². The first-order valence-corrected chi connectivity index (χ1v) is 11.6. The van der Waals surface area contributed by atoms with E-state index < -0.39 is 0 Å². The summed E-state index contributed by atoms with van der Waals surface area (Å²) in [5.41, 5.74) is 3.27. The van der Waals surface area contributed by atoms with Crippen LogP contribution in [0.3, 0.4) is 0 Å². The first-order valence-electron chi connectivity index (χ1n) is 11.2. The lowest BCUT2D eigenvalue weighted by atomic mass is 10.0. The minimum atomic E-state index is -0.0115. The van der Waals surface area contributed by atoms with Crippen LogP contribution in [0.5, 0.6) is 0 Å². The number of hydrogen-bond donors (Lipinski definition) is 1. The molecule has 32 heavy (non-hydrogen) atoms. The van der Waals surface area contributed by atoms with E-state index in [4.69, 9.17) is 17.0 Å². The van der Waals surface area contributed by atoms with Crippen molar-refractivity contribution in [2.45, 2.75) is 18.5 Å². The molecule has 0 radical (unpaired) electrons. The van der Waals surface area contributed by atoms with Crippen LogP contribution in [0.1, 0.15) is 29.9 Å². The third-order valence-corrected chi connectivity index (χ3v) is 6.55. The van der Waals surface area contributed by atoms with Gasteiger partial charge in [-0.15, -0.1) is 0 Å². The summed E-state index contributed by atoms with van der Waals surface area (Å²) < 4.78 is 7.71. The van der Waals surface area contributed by atoms with E-state index in [1.807, 2.05) is 42.9 Å². The summed E-state index contributed by atoms with van der Waals surface area (Å²) in [5.74, 6) is 0. The summed E-state index contributed by atoms with van der Waals surface area (Å²) in [6.45, 7) is 5.61. The maximum absolute atomic E-state index is 5.83. The van der Waals surface area contributed by atoms with E-state index in [1.54, 1.807) is 0 Å². The Kier molecular flexibility index (Phi) is 6.43. The maximum Gasteiger partial charge on any atom is 0.170 e. The molecule has 166 valence electrons. The smallest absolute Gasteiger partial charge is 0.170 e. The van der Waals surface area contributed by atoms with Gasteiger partial charge < -0.3 is 19.5 Å². The largest absolute Gasteiger partial charge is 0.379 e. The highest BCUT2D eigenvalue weighted by Crippen LogP contribution is 2.39. The molecule has 7 nitrogen and oxygen atoms in total.